The molecule has 102 valence electrons. The fourth-order valence-corrected chi connectivity index (χ4v) is 1.78. The Morgan fingerprint density at radius 2 is 1.95 bits per heavy atom. The van der Waals surface area contributed by atoms with Crippen LogP contribution in [0.25, 0.3) is 11.3 Å². The number of benzene rings is 1. The van der Waals surface area contributed by atoms with Crippen LogP contribution in [0.2, 0.25) is 0 Å². The van der Waals surface area contributed by atoms with Crippen molar-refractivity contribution in [1.82, 2.24) is 4.98 Å². The van der Waals surface area contributed by atoms with Crippen LogP contribution in [0.1, 0.15) is 17.3 Å². The highest BCUT2D eigenvalue weighted by atomic mass is 16.4. The van der Waals surface area contributed by atoms with E-state index in [1.54, 1.807) is 24.3 Å². The molecule has 6 nitrogen and oxygen atoms in total. The van der Waals surface area contributed by atoms with E-state index in [2.05, 4.69) is 10.3 Å². The third kappa shape index (κ3) is 2.92. The van der Waals surface area contributed by atoms with Gasteiger partial charge in [-0.25, -0.2) is 4.79 Å². The Labute approximate surface area is 114 Å². The van der Waals surface area contributed by atoms with E-state index in [9.17, 15) is 14.4 Å². The average Bonchev–Trinajstić information content (AvgIpc) is 2.37. The lowest BCUT2D eigenvalue weighted by Crippen LogP contribution is -2.17. The lowest BCUT2D eigenvalue weighted by Gasteiger charge is -2.06. The van der Waals surface area contributed by atoms with Crippen LogP contribution < -0.4 is 10.9 Å². The summed E-state index contributed by atoms with van der Waals surface area (Å²) in [5.74, 6) is -1.47. The number of carbonyl (C=O) groups is 2. The van der Waals surface area contributed by atoms with Gasteiger partial charge in [-0.15, -0.1) is 0 Å². The van der Waals surface area contributed by atoms with Crippen LogP contribution in [-0.2, 0) is 4.79 Å². The second-order valence-electron chi connectivity index (χ2n) is 4.18. The fourth-order valence-electron chi connectivity index (χ4n) is 1.78. The van der Waals surface area contributed by atoms with Gasteiger partial charge < -0.3 is 15.4 Å². The molecular weight excluding hydrogens is 260 g/mol. The number of carboxylic acids is 1. The van der Waals surface area contributed by atoms with Crippen molar-refractivity contribution in [2.45, 2.75) is 6.92 Å². The van der Waals surface area contributed by atoms with Gasteiger partial charge in [0.25, 0.3) is 5.56 Å². The normalized spacial score (nSPS) is 10.1. The molecule has 3 N–H and O–H groups in total. The number of H-pyrrole nitrogens is 1. The molecule has 0 fully saturated rings. The quantitative estimate of drug-likeness (QED) is 0.791. The molecule has 1 aromatic carbocycles. The highest BCUT2D eigenvalue weighted by Crippen LogP contribution is 2.20. The minimum Gasteiger partial charge on any atom is -0.477 e. The molecule has 0 aliphatic rings. The monoisotopic (exact) mass is 272 g/mol. The first-order valence-corrected chi connectivity index (χ1v) is 5.82. The SMILES string of the molecule is CC(=O)Nc1cccc(-c2ccc(C(=O)O)c(=O)[nH]2)c1. The van der Waals surface area contributed by atoms with Crippen molar-refractivity contribution in [2.75, 3.05) is 5.32 Å². The molecule has 1 amide bonds. The highest BCUT2D eigenvalue weighted by Gasteiger charge is 2.09. The Morgan fingerprint density at radius 1 is 1.20 bits per heavy atom. The van der Waals surface area contributed by atoms with E-state index in [1.807, 2.05) is 0 Å². The topological polar surface area (TPSA) is 99.3 Å². The van der Waals surface area contributed by atoms with Gasteiger partial charge in [-0.2, -0.15) is 0 Å². The van der Waals surface area contributed by atoms with Crippen molar-refractivity contribution >= 4 is 17.6 Å². The number of aromatic carboxylic acids is 1. The number of pyridine rings is 1. The molecule has 0 radical (unpaired) electrons. The van der Waals surface area contributed by atoms with Crippen LogP contribution >= 0.6 is 0 Å². The number of nitrogens with one attached hydrogen (secondary N) is 2. The number of rotatable bonds is 3. The van der Waals surface area contributed by atoms with E-state index in [-0.39, 0.29) is 11.5 Å². The lowest BCUT2D eigenvalue weighted by molar-refractivity contribution is -0.114. The Balaban J connectivity index is 2.41. The van der Waals surface area contributed by atoms with Crippen molar-refractivity contribution in [3.8, 4) is 11.3 Å². The molecule has 0 bridgehead atoms. The number of amides is 1. The molecule has 0 unspecified atom stereocenters. The van der Waals surface area contributed by atoms with Crippen molar-refractivity contribution in [1.29, 1.82) is 0 Å². The standard InChI is InChI=1S/C14H12N2O4/c1-8(17)15-10-4-2-3-9(7-10)12-6-5-11(14(19)20)13(18)16-12/h2-7H,1H3,(H,15,17)(H,16,18)(H,19,20). The fraction of sp³-hybridized carbons (Fsp3) is 0.0714. The van der Waals surface area contributed by atoms with Crippen molar-refractivity contribution < 1.29 is 14.7 Å². The molecule has 0 saturated heterocycles. The zero-order valence-electron chi connectivity index (χ0n) is 10.6. The van der Waals surface area contributed by atoms with Crippen LogP contribution in [0.4, 0.5) is 5.69 Å². The first kappa shape index (κ1) is 13.5. The second kappa shape index (κ2) is 5.40. The number of hydrogen-bond donors (Lipinski definition) is 3. The van der Waals surface area contributed by atoms with E-state index in [0.29, 0.717) is 16.9 Å². The summed E-state index contributed by atoms with van der Waals surface area (Å²) in [7, 11) is 0. The molecule has 0 aliphatic heterocycles. The summed E-state index contributed by atoms with van der Waals surface area (Å²) in [5, 5.41) is 11.4. The predicted octanol–water partition coefficient (Wildman–Crippen LogP) is 1.70. The summed E-state index contributed by atoms with van der Waals surface area (Å²) < 4.78 is 0. The summed E-state index contributed by atoms with van der Waals surface area (Å²) in [6, 6.07) is 9.64. The van der Waals surface area contributed by atoms with Crippen molar-refractivity contribution in [3.05, 3.63) is 52.3 Å². The minimum atomic E-state index is -1.27. The van der Waals surface area contributed by atoms with E-state index in [0.717, 1.165) is 0 Å². The third-order valence-electron chi connectivity index (χ3n) is 2.63. The summed E-state index contributed by atoms with van der Waals surface area (Å²) in [6.07, 6.45) is 0. The van der Waals surface area contributed by atoms with Gasteiger partial charge >= 0.3 is 5.97 Å². The van der Waals surface area contributed by atoms with E-state index < -0.39 is 11.5 Å². The van der Waals surface area contributed by atoms with Gasteiger partial charge in [0.1, 0.15) is 5.56 Å². The molecule has 1 heterocycles. The van der Waals surface area contributed by atoms with Crippen LogP contribution in [0.3, 0.4) is 0 Å². The number of hydrogen-bond acceptors (Lipinski definition) is 3. The Morgan fingerprint density at radius 3 is 2.55 bits per heavy atom. The second-order valence-corrected chi connectivity index (χ2v) is 4.18. The number of aromatic amines is 1. The van der Waals surface area contributed by atoms with Gasteiger partial charge in [0.15, 0.2) is 0 Å². The molecule has 2 aromatic rings. The Kier molecular flexibility index (Phi) is 3.65. The molecule has 6 heteroatoms. The van der Waals surface area contributed by atoms with Gasteiger partial charge in [-0.1, -0.05) is 12.1 Å². The van der Waals surface area contributed by atoms with Gasteiger partial charge in [0.2, 0.25) is 5.91 Å². The Hall–Kier alpha value is -2.89. The minimum absolute atomic E-state index is 0.197. The molecule has 0 saturated carbocycles. The number of carboxylic acid groups (broad SMARTS) is 1. The van der Waals surface area contributed by atoms with Crippen LogP contribution in [0.15, 0.2) is 41.2 Å². The number of aromatic nitrogens is 1. The van der Waals surface area contributed by atoms with Gasteiger partial charge in [0.05, 0.1) is 0 Å². The van der Waals surface area contributed by atoms with Gasteiger partial charge in [-0.3, -0.25) is 9.59 Å². The molecule has 0 aliphatic carbocycles. The first-order valence-electron chi connectivity index (χ1n) is 5.82. The predicted molar refractivity (Wildman–Crippen MR) is 73.8 cm³/mol. The average molecular weight is 272 g/mol. The maximum absolute atomic E-state index is 11.6. The number of carbonyl (C=O) groups excluding carboxylic acids is 1. The summed E-state index contributed by atoms with van der Waals surface area (Å²) in [4.78, 5) is 35.9. The van der Waals surface area contributed by atoms with E-state index >= 15 is 0 Å². The maximum atomic E-state index is 11.6. The van der Waals surface area contributed by atoms with Crippen LogP contribution in [0.5, 0.6) is 0 Å². The largest absolute Gasteiger partial charge is 0.477 e. The van der Waals surface area contributed by atoms with Crippen LogP contribution in [-0.4, -0.2) is 22.0 Å². The summed E-state index contributed by atoms with van der Waals surface area (Å²) >= 11 is 0. The van der Waals surface area contributed by atoms with Crippen molar-refractivity contribution in [3.63, 3.8) is 0 Å². The summed E-state index contributed by atoms with van der Waals surface area (Å²) in [6.45, 7) is 1.40. The third-order valence-corrected chi connectivity index (χ3v) is 2.63. The van der Waals surface area contributed by atoms with Crippen LogP contribution in [0, 0.1) is 0 Å². The maximum Gasteiger partial charge on any atom is 0.341 e. The van der Waals surface area contributed by atoms with Gasteiger partial charge in [0, 0.05) is 23.9 Å². The van der Waals surface area contributed by atoms with E-state index in [4.69, 9.17) is 5.11 Å². The van der Waals surface area contributed by atoms with Gasteiger partial charge in [-0.05, 0) is 24.3 Å². The lowest BCUT2D eigenvalue weighted by atomic mass is 10.1. The smallest absolute Gasteiger partial charge is 0.341 e. The highest BCUT2D eigenvalue weighted by molar-refractivity contribution is 5.89. The molecular formula is C14H12N2O4. The molecule has 0 atom stereocenters. The first-order chi connectivity index (χ1) is 9.47. The van der Waals surface area contributed by atoms with E-state index in [1.165, 1.54) is 19.1 Å². The Bertz CT molecular complexity index is 734. The zero-order chi connectivity index (χ0) is 14.7. The summed E-state index contributed by atoms with van der Waals surface area (Å²) in [5.41, 5.74) is 0.766. The molecule has 0 spiro atoms. The van der Waals surface area contributed by atoms with Crippen molar-refractivity contribution in [2.24, 2.45) is 0 Å². The molecule has 1 aromatic heterocycles. The number of anilines is 1. The molecule has 2 rings (SSSR count). The molecule has 20 heavy (non-hydrogen) atoms. The zero-order valence-corrected chi connectivity index (χ0v) is 10.6.